The fraction of sp³-hybridized carbons (Fsp3) is 0.190. The van der Waals surface area contributed by atoms with Gasteiger partial charge in [-0.3, -0.25) is 4.79 Å². The first kappa shape index (κ1) is 23.1. The van der Waals surface area contributed by atoms with E-state index in [0.29, 0.717) is 12.2 Å². The van der Waals surface area contributed by atoms with Crippen molar-refractivity contribution in [2.75, 3.05) is 13.7 Å². The van der Waals surface area contributed by atoms with Gasteiger partial charge >= 0.3 is 0 Å². The Morgan fingerprint density at radius 3 is 2.48 bits per heavy atom. The molecule has 0 radical (unpaired) electrons. The third-order valence-electron chi connectivity index (χ3n) is 4.42. The monoisotopic (exact) mass is 482 g/mol. The van der Waals surface area contributed by atoms with Crippen LogP contribution in [-0.4, -0.2) is 28.0 Å². The van der Waals surface area contributed by atoms with Crippen molar-refractivity contribution < 1.29 is 22.4 Å². The standard InChI is InChI=1S/C21H20Cl2N2O5S/c1-29-15-6-4-14(5-7-15)8-9-25-31(27,28)20-11-17(18(22)12-19(20)23)21(26)24-13-16-3-2-10-30-16/h2-7,10-12,25H,8-9,13H2,1H3,(H,24,26). The molecule has 3 rings (SSSR count). The number of benzene rings is 2. The molecule has 0 aliphatic rings. The number of carbonyl (C=O) groups excluding carboxylic acids is 1. The number of hydrogen-bond donors (Lipinski definition) is 2. The summed E-state index contributed by atoms with van der Waals surface area (Å²) < 4.78 is 38.3. The van der Waals surface area contributed by atoms with E-state index in [-0.39, 0.29) is 33.6 Å². The number of hydrogen-bond acceptors (Lipinski definition) is 5. The van der Waals surface area contributed by atoms with Gasteiger partial charge in [-0.25, -0.2) is 13.1 Å². The van der Waals surface area contributed by atoms with Crippen LogP contribution in [0.15, 0.2) is 64.1 Å². The highest BCUT2D eigenvalue weighted by molar-refractivity contribution is 7.89. The van der Waals surface area contributed by atoms with E-state index in [1.807, 2.05) is 12.1 Å². The van der Waals surface area contributed by atoms with Gasteiger partial charge in [-0.2, -0.15) is 0 Å². The predicted molar refractivity (Wildman–Crippen MR) is 118 cm³/mol. The lowest BCUT2D eigenvalue weighted by Gasteiger charge is -2.12. The largest absolute Gasteiger partial charge is 0.497 e. The Morgan fingerprint density at radius 2 is 1.84 bits per heavy atom. The van der Waals surface area contributed by atoms with Crippen molar-refractivity contribution in [3.05, 3.63) is 81.7 Å². The molecule has 10 heteroatoms. The Labute approximate surface area is 190 Å². The Bertz CT molecular complexity index is 1150. The van der Waals surface area contributed by atoms with E-state index < -0.39 is 15.9 Å². The van der Waals surface area contributed by atoms with Crippen molar-refractivity contribution in [3.8, 4) is 5.75 Å². The van der Waals surface area contributed by atoms with Crippen LogP contribution in [0.1, 0.15) is 21.7 Å². The number of furan rings is 1. The number of carbonyl (C=O) groups is 1. The van der Waals surface area contributed by atoms with E-state index in [9.17, 15) is 13.2 Å². The van der Waals surface area contributed by atoms with Crippen LogP contribution >= 0.6 is 23.2 Å². The van der Waals surface area contributed by atoms with Gasteiger partial charge in [0.25, 0.3) is 5.91 Å². The maximum absolute atomic E-state index is 12.8. The molecule has 0 atom stereocenters. The van der Waals surface area contributed by atoms with E-state index in [0.717, 1.165) is 17.4 Å². The highest BCUT2D eigenvalue weighted by Crippen LogP contribution is 2.29. The van der Waals surface area contributed by atoms with Crippen LogP contribution in [0.4, 0.5) is 0 Å². The first-order valence-corrected chi connectivity index (χ1v) is 11.5. The number of nitrogens with one attached hydrogen (secondary N) is 2. The van der Waals surface area contributed by atoms with Gasteiger partial charge in [-0.15, -0.1) is 0 Å². The number of methoxy groups -OCH3 is 1. The highest BCUT2D eigenvalue weighted by Gasteiger charge is 2.22. The van der Waals surface area contributed by atoms with Gasteiger partial charge in [0, 0.05) is 6.54 Å². The molecule has 31 heavy (non-hydrogen) atoms. The third kappa shape index (κ3) is 6.01. The Balaban J connectivity index is 1.70. The molecule has 7 nitrogen and oxygen atoms in total. The second-order valence-corrected chi connectivity index (χ2v) is 9.07. The van der Waals surface area contributed by atoms with Gasteiger partial charge < -0.3 is 14.5 Å². The quantitative estimate of drug-likeness (QED) is 0.479. The number of halogens is 2. The number of sulfonamides is 1. The summed E-state index contributed by atoms with van der Waals surface area (Å²) in [5, 5.41) is 2.59. The Kier molecular flexibility index (Phi) is 7.61. The normalized spacial score (nSPS) is 11.3. The first-order valence-electron chi connectivity index (χ1n) is 9.22. The SMILES string of the molecule is COc1ccc(CCNS(=O)(=O)c2cc(C(=O)NCc3ccco3)c(Cl)cc2Cl)cc1. The molecule has 0 unspecified atom stereocenters. The van der Waals surface area contributed by atoms with Crippen LogP contribution < -0.4 is 14.8 Å². The van der Waals surface area contributed by atoms with Crippen LogP contribution in [0, 0.1) is 0 Å². The van der Waals surface area contributed by atoms with E-state index >= 15 is 0 Å². The Morgan fingerprint density at radius 1 is 1.10 bits per heavy atom. The Hall–Kier alpha value is -2.52. The van der Waals surface area contributed by atoms with Crippen LogP contribution in [0.25, 0.3) is 0 Å². The minimum absolute atomic E-state index is 0.00634. The molecule has 1 heterocycles. The molecular weight excluding hydrogens is 463 g/mol. The molecule has 0 saturated heterocycles. The molecule has 1 aromatic heterocycles. The zero-order valence-corrected chi connectivity index (χ0v) is 18.9. The van der Waals surface area contributed by atoms with Crippen molar-refractivity contribution in [1.82, 2.24) is 10.0 Å². The molecule has 0 spiro atoms. The summed E-state index contributed by atoms with van der Waals surface area (Å²) in [6.07, 6.45) is 1.95. The summed E-state index contributed by atoms with van der Waals surface area (Å²) in [4.78, 5) is 12.3. The van der Waals surface area contributed by atoms with E-state index in [1.54, 1.807) is 31.4 Å². The molecule has 164 valence electrons. The van der Waals surface area contributed by atoms with Gasteiger partial charge in [0.05, 0.1) is 35.5 Å². The lowest BCUT2D eigenvalue weighted by Crippen LogP contribution is -2.27. The molecule has 3 aromatic rings. The first-order chi connectivity index (χ1) is 14.8. The minimum Gasteiger partial charge on any atom is -0.497 e. The van der Waals surface area contributed by atoms with Crippen LogP contribution in [0.3, 0.4) is 0 Å². The molecule has 1 amide bonds. The summed E-state index contributed by atoms with van der Waals surface area (Å²) in [5.41, 5.74) is 0.928. The lowest BCUT2D eigenvalue weighted by atomic mass is 10.1. The van der Waals surface area contributed by atoms with Gasteiger partial charge in [-0.1, -0.05) is 35.3 Å². The summed E-state index contributed by atoms with van der Waals surface area (Å²) in [6.45, 7) is 0.278. The highest BCUT2D eigenvalue weighted by atomic mass is 35.5. The van der Waals surface area contributed by atoms with Crippen LogP contribution in [-0.2, 0) is 23.0 Å². The second-order valence-electron chi connectivity index (χ2n) is 6.52. The number of amides is 1. The summed E-state index contributed by atoms with van der Waals surface area (Å²) in [6, 6.07) is 13.1. The topological polar surface area (TPSA) is 97.6 Å². The van der Waals surface area contributed by atoms with Gasteiger partial charge in [0.2, 0.25) is 10.0 Å². The zero-order chi connectivity index (χ0) is 22.4. The average molecular weight is 483 g/mol. The lowest BCUT2D eigenvalue weighted by molar-refractivity contribution is 0.0948. The van der Waals surface area contributed by atoms with Crippen molar-refractivity contribution in [2.24, 2.45) is 0 Å². The average Bonchev–Trinajstić information content (AvgIpc) is 3.26. The molecule has 2 aromatic carbocycles. The number of rotatable bonds is 9. The summed E-state index contributed by atoms with van der Waals surface area (Å²) in [7, 11) is -2.39. The molecular formula is C21H20Cl2N2O5S. The van der Waals surface area contributed by atoms with Gasteiger partial charge in [0.15, 0.2) is 0 Å². The van der Waals surface area contributed by atoms with Crippen molar-refractivity contribution in [3.63, 3.8) is 0 Å². The molecule has 0 bridgehead atoms. The summed E-state index contributed by atoms with van der Waals surface area (Å²) in [5.74, 6) is 0.717. The van der Waals surface area contributed by atoms with Crippen LogP contribution in [0.5, 0.6) is 5.75 Å². The molecule has 0 saturated carbocycles. The van der Waals surface area contributed by atoms with Crippen molar-refractivity contribution >= 4 is 39.1 Å². The van der Waals surface area contributed by atoms with Gasteiger partial charge in [0.1, 0.15) is 16.4 Å². The third-order valence-corrected chi connectivity index (χ3v) is 6.66. The molecule has 0 aliphatic heterocycles. The smallest absolute Gasteiger partial charge is 0.253 e. The van der Waals surface area contributed by atoms with E-state index in [1.165, 1.54) is 12.3 Å². The number of ether oxygens (including phenoxy) is 1. The maximum Gasteiger partial charge on any atom is 0.253 e. The van der Waals surface area contributed by atoms with Crippen LogP contribution in [0.2, 0.25) is 10.0 Å². The molecule has 2 N–H and O–H groups in total. The van der Waals surface area contributed by atoms with E-state index in [2.05, 4.69) is 10.0 Å². The molecule has 0 aliphatic carbocycles. The van der Waals surface area contributed by atoms with E-state index in [4.69, 9.17) is 32.4 Å². The fourth-order valence-electron chi connectivity index (χ4n) is 2.78. The second kappa shape index (κ2) is 10.2. The minimum atomic E-state index is -3.97. The summed E-state index contributed by atoms with van der Waals surface area (Å²) >= 11 is 12.2. The molecule has 0 fully saturated rings. The van der Waals surface area contributed by atoms with Crippen molar-refractivity contribution in [2.45, 2.75) is 17.9 Å². The zero-order valence-electron chi connectivity index (χ0n) is 16.5. The van der Waals surface area contributed by atoms with Gasteiger partial charge in [-0.05, 0) is 48.4 Å². The predicted octanol–water partition coefficient (Wildman–Crippen LogP) is 4.05. The maximum atomic E-state index is 12.8. The van der Waals surface area contributed by atoms with Crippen molar-refractivity contribution in [1.29, 1.82) is 0 Å². The fourth-order valence-corrected chi connectivity index (χ4v) is 4.67.